The molecular formula is C26H19N3. The van der Waals surface area contributed by atoms with E-state index in [1.165, 1.54) is 27.5 Å². The average Bonchev–Trinajstić information content (AvgIpc) is 3.39. The van der Waals surface area contributed by atoms with E-state index in [2.05, 4.69) is 95.2 Å². The van der Waals surface area contributed by atoms with E-state index in [9.17, 15) is 0 Å². The minimum absolute atomic E-state index is 0.0828. The second-order valence-corrected chi connectivity index (χ2v) is 7.47. The normalized spacial score (nSPS) is 11.8. The van der Waals surface area contributed by atoms with Crippen LogP contribution in [0.1, 0.15) is 22.6 Å². The van der Waals surface area contributed by atoms with Gasteiger partial charge >= 0.3 is 0 Å². The Bertz CT molecular complexity index is 1400. The zero-order valence-corrected chi connectivity index (χ0v) is 15.8. The largest absolute Gasteiger partial charge is 0.361 e. The fraction of sp³-hybridized carbons (Fsp3) is 0.0385. The van der Waals surface area contributed by atoms with Gasteiger partial charge in [-0.1, -0.05) is 54.6 Å². The Labute approximate surface area is 168 Å². The van der Waals surface area contributed by atoms with Crippen molar-refractivity contribution < 1.29 is 0 Å². The number of benzene rings is 3. The molecule has 29 heavy (non-hydrogen) atoms. The predicted molar refractivity (Wildman–Crippen MR) is 119 cm³/mol. The number of para-hydroxylation sites is 3. The third-order valence-corrected chi connectivity index (χ3v) is 5.81. The van der Waals surface area contributed by atoms with E-state index in [0.29, 0.717) is 0 Å². The molecule has 3 aromatic heterocycles. The molecule has 0 spiro atoms. The fourth-order valence-corrected chi connectivity index (χ4v) is 4.44. The molecule has 0 fully saturated rings. The highest BCUT2D eigenvalue weighted by molar-refractivity contribution is 5.89. The molecule has 3 nitrogen and oxygen atoms in total. The Morgan fingerprint density at radius 1 is 0.655 bits per heavy atom. The number of pyridine rings is 1. The number of rotatable bonds is 3. The topological polar surface area (TPSA) is 44.5 Å². The molecule has 0 aliphatic rings. The Morgan fingerprint density at radius 3 is 1.93 bits per heavy atom. The summed E-state index contributed by atoms with van der Waals surface area (Å²) in [4.78, 5) is 11.7. The summed E-state index contributed by atoms with van der Waals surface area (Å²) in [5.74, 6) is 0.0828. The Balaban J connectivity index is 1.65. The van der Waals surface area contributed by atoms with Gasteiger partial charge in [0, 0.05) is 51.7 Å². The zero-order chi connectivity index (χ0) is 19.2. The predicted octanol–water partition coefficient (Wildman–Crippen LogP) is 6.38. The van der Waals surface area contributed by atoms with Crippen molar-refractivity contribution in [2.75, 3.05) is 0 Å². The van der Waals surface area contributed by atoms with Crippen LogP contribution in [0.15, 0.2) is 97.5 Å². The van der Waals surface area contributed by atoms with E-state index in [1.807, 2.05) is 12.3 Å². The molecule has 0 aliphatic carbocycles. The van der Waals surface area contributed by atoms with Gasteiger partial charge in [0.15, 0.2) is 0 Å². The van der Waals surface area contributed by atoms with Crippen LogP contribution in [-0.4, -0.2) is 15.0 Å². The number of H-pyrrole nitrogens is 2. The summed E-state index contributed by atoms with van der Waals surface area (Å²) in [7, 11) is 0. The lowest BCUT2D eigenvalue weighted by molar-refractivity contribution is 0.989. The second kappa shape index (κ2) is 6.35. The highest BCUT2D eigenvalue weighted by atomic mass is 14.7. The van der Waals surface area contributed by atoms with Crippen LogP contribution in [0.5, 0.6) is 0 Å². The van der Waals surface area contributed by atoms with Crippen molar-refractivity contribution in [2.24, 2.45) is 0 Å². The van der Waals surface area contributed by atoms with Gasteiger partial charge in [-0.3, -0.25) is 4.98 Å². The van der Waals surface area contributed by atoms with Gasteiger partial charge in [0.25, 0.3) is 0 Å². The van der Waals surface area contributed by atoms with Gasteiger partial charge in [-0.05, 0) is 41.0 Å². The number of hydrogen-bond donors (Lipinski definition) is 2. The molecule has 0 bridgehead atoms. The van der Waals surface area contributed by atoms with Gasteiger partial charge in [0.2, 0.25) is 0 Å². The smallest absolute Gasteiger partial charge is 0.0702 e. The molecule has 0 amide bonds. The van der Waals surface area contributed by atoms with E-state index in [-0.39, 0.29) is 5.92 Å². The van der Waals surface area contributed by atoms with Crippen LogP contribution in [0.3, 0.4) is 0 Å². The van der Waals surface area contributed by atoms with Crippen LogP contribution in [0, 0.1) is 0 Å². The summed E-state index contributed by atoms with van der Waals surface area (Å²) in [6, 6.07) is 27.6. The molecule has 3 aromatic carbocycles. The summed E-state index contributed by atoms with van der Waals surface area (Å²) in [6.45, 7) is 0. The third kappa shape index (κ3) is 2.55. The number of hydrogen-bond acceptors (Lipinski definition) is 1. The van der Waals surface area contributed by atoms with Crippen molar-refractivity contribution in [3.8, 4) is 0 Å². The summed E-state index contributed by atoms with van der Waals surface area (Å²) in [5, 5.41) is 3.65. The summed E-state index contributed by atoms with van der Waals surface area (Å²) in [6.07, 6.45) is 6.31. The average molecular weight is 373 g/mol. The van der Waals surface area contributed by atoms with E-state index in [1.54, 1.807) is 0 Å². The monoisotopic (exact) mass is 373 g/mol. The fourth-order valence-electron chi connectivity index (χ4n) is 4.44. The molecule has 6 aromatic rings. The molecule has 138 valence electrons. The molecule has 0 unspecified atom stereocenters. The molecule has 0 radical (unpaired) electrons. The van der Waals surface area contributed by atoms with Gasteiger partial charge in [-0.15, -0.1) is 0 Å². The van der Waals surface area contributed by atoms with E-state index >= 15 is 0 Å². The van der Waals surface area contributed by atoms with Crippen molar-refractivity contribution in [2.45, 2.75) is 5.92 Å². The molecule has 3 heterocycles. The van der Waals surface area contributed by atoms with Crippen LogP contribution in [0.25, 0.3) is 32.7 Å². The van der Waals surface area contributed by atoms with Crippen molar-refractivity contribution in [3.63, 3.8) is 0 Å². The third-order valence-electron chi connectivity index (χ3n) is 5.81. The molecule has 0 saturated heterocycles. The molecule has 0 saturated carbocycles. The highest BCUT2D eigenvalue weighted by Gasteiger charge is 2.23. The van der Waals surface area contributed by atoms with Crippen molar-refractivity contribution >= 4 is 32.7 Å². The first kappa shape index (κ1) is 16.1. The molecule has 2 N–H and O–H groups in total. The van der Waals surface area contributed by atoms with E-state index < -0.39 is 0 Å². The van der Waals surface area contributed by atoms with E-state index in [4.69, 9.17) is 4.98 Å². The van der Waals surface area contributed by atoms with E-state index in [0.717, 1.165) is 21.9 Å². The lowest BCUT2D eigenvalue weighted by Crippen LogP contribution is -2.03. The van der Waals surface area contributed by atoms with Crippen molar-refractivity contribution in [1.82, 2.24) is 15.0 Å². The minimum Gasteiger partial charge on any atom is -0.361 e. The number of aromatic nitrogens is 3. The molecule has 0 aliphatic heterocycles. The number of nitrogens with one attached hydrogen (secondary N) is 2. The maximum Gasteiger partial charge on any atom is 0.0702 e. The molecule has 6 rings (SSSR count). The molecular weight excluding hydrogens is 354 g/mol. The lowest BCUT2D eigenvalue weighted by Gasteiger charge is -2.17. The van der Waals surface area contributed by atoms with Crippen LogP contribution < -0.4 is 0 Å². The van der Waals surface area contributed by atoms with Crippen molar-refractivity contribution in [1.29, 1.82) is 0 Å². The van der Waals surface area contributed by atoms with Gasteiger partial charge < -0.3 is 9.97 Å². The van der Waals surface area contributed by atoms with Gasteiger partial charge in [-0.25, -0.2) is 0 Å². The Kier molecular flexibility index (Phi) is 3.53. The first-order chi connectivity index (χ1) is 14.4. The van der Waals surface area contributed by atoms with Crippen molar-refractivity contribution in [3.05, 3.63) is 114 Å². The Morgan fingerprint density at radius 2 is 1.24 bits per heavy atom. The maximum atomic E-state index is 4.76. The second-order valence-electron chi connectivity index (χ2n) is 7.47. The van der Waals surface area contributed by atoms with Crippen LogP contribution in [0.4, 0.5) is 0 Å². The van der Waals surface area contributed by atoms with Crippen LogP contribution in [0.2, 0.25) is 0 Å². The van der Waals surface area contributed by atoms with Crippen LogP contribution in [-0.2, 0) is 0 Å². The number of nitrogens with zero attached hydrogens (tertiary/aromatic N) is 1. The van der Waals surface area contributed by atoms with Gasteiger partial charge in [0.1, 0.15) is 0 Å². The minimum atomic E-state index is 0.0828. The number of fused-ring (bicyclic) bond motifs is 3. The first-order valence-corrected chi connectivity index (χ1v) is 9.85. The SMILES string of the molecule is c1ccc2ncc(C(c3c[nH]c4ccccc34)c3c[nH]c4ccccc34)cc2c1. The summed E-state index contributed by atoms with van der Waals surface area (Å²) >= 11 is 0. The number of aromatic amines is 2. The zero-order valence-electron chi connectivity index (χ0n) is 15.8. The van der Waals surface area contributed by atoms with Crippen LogP contribution >= 0.6 is 0 Å². The standard InChI is InChI=1S/C26H19N3/c1-4-10-23-17(7-1)13-18(14-27-23)26(21-15-28-24-11-5-2-8-19(21)24)22-16-29-25-12-6-3-9-20(22)25/h1-16,26,28-29H. The Hall–Kier alpha value is -3.85. The lowest BCUT2D eigenvalue weighted by atomic mass is 9.85. The quantitative estimate of drug-likeness (QED) is 0.371. The molecule has 0 atom stereocenters. The summed E-state index contributed by atoms with van der Waals surface area (Å²) in [5.41, 5.74) is 7.05. The first-order valence-electron chi connectivity index (χ1n) is 9.85. The molecule has 3 heteroatoms. The van der Waals surface area contributed by atoms with Gasteiger partial charge in [-0.2, -0.15) is 0 Å². The van der Waals surface area contributed by atoms with Gasteiger partial charge in [0.05, 0.1) is 5.52 Å². The maximum absolute atomic E-state index is 4.76. The summed E-state index contributed by atoms with van der Waals surface area (Å²) < 4.78 is 0. The highest BCUT2D eigenvalue weighted by Crippen LogP contribution is 2.39.